The van der Waals surface area contributed by atoms with Crippen molar-refractivity contribution in [3.05, 3.63) is 35.4 Å². The van der Waals surface area contributed by atoms with Gasteiger partial charge in [-0.25, -0.2) is 0 Å². The molecule has 0 atom stereocenters. The molecule has 0 fully saturated rings. The fraction of sp³-hybridized carbons (Fsp3) is 0.385. The number of carbonyl (C=O) groups excluding carboxylic acids is 2. The standard InChI is InChI=1S/C13H17NO2/c1-9-6-5-7-10(8-9)11(15)14-12(16)13(2,3)4/h5-8H,1-4H3,(H,14,15,16). The predicted octanol–water partition coefficient (Wildman–Crippen LogP) is 2.30. The summed E-state index contributed by atoms with van der Waals surface area (Å²) in [6.45, 7) is 7.21. The van der Waals surface area contributed by atoms with E-state index in [9.17, 15) is 9.59 Å². The summed E-state index contributed by atoms with van der Waals surface area (Å²) in [7, 11) is 0. The SMILES string of the molecule is Cc1cccc(C(=O)NC(=O)C(C)(C)C)c1. The van der Waals surface area contributed by atoms with Gasteiger partial charge >= 0.3 is 0 Å². The lowest BCUT2D eigenvalue weighted by molar-refractivity contribution is -0.127. The van der Waals surface area contributed by atoms with Crippen molar-refractivity contribution < 1.29 is 9.59 Å². The fourth-order valence-corrected chi connectivity index (χ4v) is 1.15. The third-order valence-corrected chi connectivity index (χ3v) is 2.19. The number of aryl methyl sites for hydroxylation is 1. The van der Waals surface area contributed by atoms with Gasteiger partial charge in [-0.05, 0) is 19.1 Å². The lowest BCUT2D eigenvalue weighted by Crippen LogP contribution is -2.38. The molecule has 0 aliphatic rings. The molecule has 0 radical (unpaired) electrons. The van der Waals surface area contributed by atoms with Gasteiger partial charge in [-0.3, -0.25) is 14.9 Å². The van der Waals surface area contributed by atoms with E-state index in [4.69, 9.17) is 0 Å². The molecule has 0 saturated heterocycles. The van der Waals surface area contributed by atoms with Crippen LogP contribution in [-0.2, 0) is 4.79 Å². The van der Waals surface area contributed by atoms with E-state index in [0.717, 1.165) is 5.56 Å². The van der Waals surface area contributed by atoms with Crippen LogP contribution in [0.2, 0.25) is 0 Å². The van der Waals surface area contributed by atoms with Crippen molar-refractivity contribution in [2.75, 3.05) is 0 Å². The second-order valence-corrected chi connectivity index (χ2v) is 4.90. The Hall–Kier alpha value is -1.64. The number of hydrogen-bond donors (Lipinski definition) is 1. The molecule has 0 saturated carbocycles. The van der Waals surface area contributed by atoms with Gasteiger partial charge in [0.05, 0.1) is 0 Å². The Labute approximate surface area is 95.9 Å². The van der Waals surface area contributed by atoms with Gasteiger partial charge in [-0.2, -0.15) is 0 Å². The van der Waals surface area contributed by atoms with E-state index in [-0.39, 0.29) is 11.8 Å². The molecule has 0 spiro atoms. The molecular formula is C13H17NO2. The number of hydrogen-bond acceptors (Lipinski definition) is 2. The Morgan fingerprint density at radius 3 is 2.31 bits per heavy atom. The topological polar surface area (TPSA) is 46.2 Å². The minimum absolute atomic E-state index is 0.265. The predicted molar refractivity (Wildman–Crippen MR) is 63.1 cm³/mol. The summed E-state index contributed by atoms with van der Waals surface area (Å²) in [5.74, 6) is -0.609. The third kappa shape index (κ3) is 3.19. The zero-order chi connectivity index (χ0) is 12.3. The minimum Gasteiger partial charge on any atom is -0.292 e. The molecule has 1 aromatic carbocycles. The summed E-state index contributed by atoms with van der Waals surface area (Å²) in [5, 5.41) is 2.39. The van der Waals surface area contributed by atoms with E-state index >= 15 is 0 Å². The molecule has 0 aliphatic carbocycles. The molecule has 3 nitrogen and oxygen atoms in total. The van der Waals surface area contributed by atoms with E-state index in [1.807, 2.05) is 13.0 Å². The van der Waals surface area contributed by atoms with Crippen LogP contribution in [0, 0.1) is 12.3 Å². The highest BCUT2D eigenvalue weighted by atomic mass is 16.2. The average Bonchev–Trinajstić information content (AvgIpc) is 2.16. The summed E-state index contributed by atoms with van der Waals surface area (Å²) in [4.78, 5) is 23.3. The van der Waals surface area contributed by atoms with Crippen molar-refractivity contribution in [1.82, 2.24) is 5.32 Å². The summed E-state index contributed by atoms with van der Waals surface area (Å²) in [6, 6.07) is 7.15. The van der Waals surface area contributed by atoms with Crippen LogP contribution in [0.1, 0.15) is 36.7 Å². The zero-order valence-corrected chi connectivity index (χ0v) is 10.1. The first-order chi connectivity index (χ1) is 7.30. The van der Waals surface area contributed by atoms with Crippen molar-refractivity contribution in [2.45, 2.75) is 27.7 Å². The van der Waals surface area contributed by atoms with E-state index < -0.39 is 5.41 Å². The Balaban J connectivity index is 2.78. The molecule has 0 aliphatic heterocycles. The molecular weight excluding hydrogens is 202 g/mol. The van der Waals surface area contributed by atoms with E-state index in [1.54, 1.807) is 39.0 Å². The summed E-state index contributed by atoms with van der Waals surface area (Å²) in [6.07, 6.45) is 0. The van der Waals surface area contributed by atoms with Gasteiger partial charge in [0, 0.05) is 11.0 Å². The quantitative estimate of drug-likeness (QED) is 0.787. The molecule has 2 amide bonds. The van der Waals surface area contributed by atoms with Gasteiger partial charge in [0.25, 0.3) is 5.91 Å². The van der Waals surface area contributed by atoms with Gasteiger partial charge in [0.1, 0.15) is 0 Å². The van der Waals surface area contributed by atoms with Crippen molar-refractivity contribution >= 4 is 11.8 Å². The second-order valence-electron chi connectivity index (χ2n) is 4.90. The maximum Gasteiger partial charge on any atom is 0.257 e. The van der Waals surface area contributed by atoms with Crippen LogP contribution in [0.15, 0.2) is 24.3 Å². The van der Waals surface area contributed by atoms with Crippen molar-refractivity contribution in [1.29, 1.82) is 0 Å². The molecule has 86 valence electrons. The fourth-order valence-electron chi connectivity index (χ4n) is 1.15. The van der Waals surface area contributed by atoms with E-state index in [2.05, 4.69) is 5.32 Å². The zero-order valence-electron chi connectivity index (χ0n) is 10.1. The largest absolute Gasteiger partial charge is 0.292 e. The Morgan fingerprint density at radius 1 is 1.19 bits per heavy atom. The molecule has 0 heterocycles. The van der Waals surface area contributed by atoms with Crippen LogP contribution in [0.3, 0.4) is 0 Å². The van der Waals surface area contributed by atoms with Gasteiger partial charge in [-0.1, -0.05) is 38.5 Å². The molecule has 0 unspecified atom stereocenters. The first-order valence-corrected chi connectivity index (χ1v) is 5.23. The lowest BCUT2D eigenvalue weighted by atomic mass is 9.95. The molecule has 1 N–H and O–H groups in total. The van der Waals surface area contributed by atoms with Crippen LogP contribution in [0.5, 0.6) is 0 Å². The average molecular weight is 219 g/mol. The normalized spacial score (nSPS) is 11.0. The smallest absolute Gasteiger partial charge is 0.257 e. The molecule has 1 rings (SSSR count). The summed E-state index contributed by atoms with van der Waals surface area (Å²) < 4.78 is 0. The highest BCUT2D eigenvalue weighted by Crippen LogP contribution is 2.13. The molecule has 1 aromatic rings. The number of amides is 2. The Morgan fingerprint density at radius 2 is 1.81 bits per heavy atom. The van der Waals surface area contributed by atoms with Crippen LogP contribution >= 0.6 is 0 Å². The number of carbonyl (C=O) groups is 2. The Bertz CT molecular complexity index is 416. The van der Waals surface area contributed by atoms with Crippen molar-refractivity contribution in [3.8, 4) is 0 Å². The molecule has 16 heavy (non-hydrogen) atoms. The maximum absolute atomic E-state index is 11.7. The van der Waals surface area contributed by atoms with Crippen LogP contribution in [-0.4, -0.2) is 11.8 Å². The molecule has 3 heteroatoms. The van der Waals surface area contributed by atoms with Crippen molar-refractivity contribution in [3.63, 3.8) is 0 Å². The van der Waals surface area contributed by atoms with Gasteiger partial charge in [0.2, 0.25) is 5.91 Å². The molecule has 0 bridgehead atoms. The summed E-state index contributed by atoms with van der Waals surface area (Å²) >= 11 is 0. The minimum atomic E-state index is -0.556. The van der Waals surface area contributed by atoms with Gasteiger partial charge < -0.3 is 0 Å². The third-order valence-electron chi connectivity index (χ3n) is 2.19. The maximum atomic E-state index is 11.7. The van der Waals surface area contributed by atoms with Crippen molar-refractivity contribution in [2.24, 2.45) is 5.41 Å². The number of rotatable bonds is 1. The first kappa shape index (κ1) is 12.4. The van der Waals surface area contributed by atoms with Crippen LogP contribution in [0.4, 0.5) is 0 Å². The highest BCUT2D eigenvalue weighted by Gasteiger charge is 2.23. The highest BCUT2D eigenvalue weighted by molar-refractivity contribution is 6.06. The monoisotopic (exact) mass is 219 g/mol. The second kappa shape index (κ2) is 4.47. The summed E-state index contributed by atoms with van der Waals surface area (Å²) in [5.41, 5.74) is 0.952. The van der Waals surface area contributed by atoms with Gasteiger partial charge in [-0.15, -0.1) is 0 Å². The number of nitrogens with one attached hydrogen (secondary N) is 1. The Kier molecular flexibility index (Phi) is 3.48. The number of imide groups is 1. The van der Waals surface area contributed by atoms with E-state index in [1.165, 1.54) is 0 Å². The molecule has 0 aromatic heterocycles. The first-order valence-electron chi connectivity index (χ1n) is 5.23. The number of benzene rings is 1. The van der Waals surface area contributed by atoms with Crippen LogP contribution in [0.25, 0.3) is 0 Å². The lowest BCUT2D eigenvalue weighted by Gasteiger charge is -2.16. The van der Waals surface area contributed by atoms with E-state index in [0.29, 0.717) is 5.56 Å². The van der Waals surface area contributed by atoms with Gasteiger partial charge in [0.15, 0.2) is 0 Å². The van der Waals surface area contributed by atoms with Crippen LogP contribution < -0.4 is 5.32 Å².